The molecule has 3 nitrogen and oxygen atoms in total. The van der Waals surface area contributed by atoms with Gasteiger partial charge in [-0.3, -0.25) is 4.90 Å². The van der Waals surface area contributed by atoms with Gasteiger partial charge in [-0.15, -0.1) is 0 Å². The van der Waals surface area contributed by atoms with Gasteiger partial charge in [0.25, 0.3) is 0 Å². The molecular formula is C11H22N2O. The molecule has 2 aliphatic rings. The van der Waals surface area contributed by atoms with Crippen LogP contribution in [-0.2, 0) is 0 Å². The average molecular weight is 198 g/mol. The number of likely N-dealkylation sites (tertiary alicyclic amines) is 1. The summed E-state index contributed by atoms with van der Waals surface area (Å²) in [7, 11) is 2.07. The summed E-state index contributed by atoms with van der Waals surface area (Å²) in [6.45, 7) is 2.88. The van der Waals surface area contributed by atoms with Crippen LogP contribution in [-0.4, -0.2) is 48.8 Å². The highest BCUT2D eigenvalue weighted by Gasteiger charge is 2.30. The molecule has 0 aromatic rings. The summed E-state index contributed by atoms with van der Waals surface area (Å²) in [5, 5.41) is 12.6. The monoisotopic (exact) mass is 198 g/mol. The summed E-state index contributed by atoms with van der Waals surface area (Å²) in [4.78, 5) is 2.35. The minimum Gasteiger partial charge on any atom is -0.390 e. The maximum atomic E-state index is 9.21. The number of β-amino-alcohol motifs (C(OH)–C–C–N with tert-alkyl or cyclic N) is 1. The zero-order chi connectivity index (χ0) is 9.97. The molecule has 1 aliphatic heterocycles. The van der Waals surface area contributed by atoms with Gasteiger partial charge in [-0.1, -0.05) is 12.8 Å². The quantitative estimate of drug-likeness (QED) is 0.688. The Kier molecular flexibility index (Phi) is 3.42. The van der Waals surface area contributed by atoms with Crippen molar-refractivity contribution in [2.24, 2.45) is 5.92 Å². The molecule has 0 amide bonds. The number of hydrogen-bond donors (Lipinski definition) is 2. The van der Waals surface area contributed by atoms with E-state index < -0.39 is 0 Å². The number of rotatable bonds is 4. The lowest BCUT2D eigenvalue weighted by atomic mass is 9.96. The fourth-order valence-corrected chi connectivity index (χ4v) is 2.81. The summed E-state index contributed by atoms with van der Waals surface area (Å²) in [5.74, 6) is 0.873. The van der Waals surface area contributed by atoms with Crippen LogP contribution in [0.4, 0.5) is 0 Å². The molecule has 0 aromatic carbocycles. The van der Waals surface area contributed by atoms with Crippen molar-refractivity contribution < 1.29 is 5.11 Å². The smallest absolute Gasteiger partial charge is 0.0793 e. The molecule has 0 radical (unpaired) electrons. The number of aliphatic hydroxyl groups excluding tert-OH is 1. The van der Waals surface area contributed by atoms with Crippen LogP contribution < -0.4 is 5.32 Å². The molecule has 3 heteroatoms. The fraction of sp³-hybridized carbons (Fsp3) is 1.00. The first-order valence-electron chi connectivity index (χ1n) is 5.87. The zero-order valence-electron chi connectivity index (χ0n) is 9.08. The van der Waals surface area contributed by atoms with Gasteiger partial charge < -0.3 is 10.4 Å². The van der Waals surface area contributed by atoms with Gasteiger partial charge in [0.05, 0.1) is 6.10 Å². The minimum absolute atomic E-state index is 0.0592. The largest absolute Gasteiger partial charge is 0.390 e. The highest BCUT2D eigenvalue weighted by atomic mass is 16.3. The van der Waals surface area contributed by atoms with Gasteiger partial charge >= 0.3 is 0 Å². The summed E-state index contributed by atoms with van der Waals surface area (Å²) in [6, 6.07) is 0.644. The molecule has 2 N–H and O–H groups in total. The highest BCUT2D eigenvalue weighted by Crippen LogP contribution is 2.28. The van der Waals surface area contributed by atoms with E-state index in [0.717, 1.165) is 25.6 Å². The van der Waals surface area contributed by atoms with E-state index in [2.05, 4.69) is 17.3 Å². The van der Waals surface area contributed by atoms with Crippen molar-refractivity contribution in [3.05, 3.63) is 0 Å². The third kappa shape index (κ3) is 2.27. The third-order valence-corrected chi connectivity index (χ3v) is 3.73. The maximum Gasteiger partial charge on any atom is 0.0793 e. The highest BCUT2D eigenvalue weighted by molar-refractivity contribution is 4.87. The molecule has 2 fully saturated rings. The first-order valence-corrected chi connectivity index (χ1v) is 5.87. The van der Waals surface area contributed by atoms with Crippen LogP contribution in [0.3, 0.4) is 0 Å². The first-order chi connectivity index (χ1) is 6.79. The van der Waals surface area contributed by atoms with Gasteiger partial charge in [-0.2, -0.15) is 0 Å². The van der Waals surface area contributed by atoms with Crippen LogP contribution in [0.1, 0.15) is 25.7 Å². The predicted octanol–water partition coefficient (Wildman–Crippen LogP) is 0.441. The topological polar surface area (TPSA) is 35.5 Å². The molecule has 82 valence electrons. The van der Waals surface area contributed by atoms with Crippen molar-refractivity contribution in [2.75, 3.05) is 26.7 Å². The molecule has 14 heavy (non-hydrogen) atoms. The molecule has 0 spiro atoms. The number of nitrogens with zero attached hydrogens (tertiary/aromatic N) is 1. The molecule has 0 aromatic heterocycles. The van der Waals surface area contributed by atoms with Gasteiger partial charge in [-0.25, -0.2) is 0 Å². The lowest BCUT2D eigenvalue weighted by molar-refractivity contribution is -0.00603. The van der Waals surface area contributed by atoms with E-state index in [1.165, 1.54) is 25.7 Å². The normalized spacial score (nSPS) is 27.9. The SMILES string of the molecule is CNC(CN1CC(O)C1)C1CCCC1. The van der Waals surface area contributed by atoms with E-state index in [1.54, 1.807) is 0 Å². The lowest BCUT2D eigenvalue weighted by Gasteiger charge is -2.39. The molecular weight excluding hydrogens is 176 g/mol. The van der Waals surface area contributed by atoms with Crippen LogP contribution in [0.25, 0.3) is 0 Å². The molecule has 1 atom stereocenters. The van der Waals surface area contributed by atoms with Crippen molar-refractivity contribution in [1.82, 2.24) is 10.2 Å². The Balaban J connectivity index is 1.75. The van der Waals surface area contributed by atoms with Gasteiger partial charge in [0.1, 0.15) is 0 Å². The van der Waals surface area contributed by atoms with Crippen molar-refractivity contribution in [3.8, 4) is 0 Å². The van der Waals surface area contributed by atoms with E-state index in [4.69, 9.17) is 0 Å². The van der Waals surface area contributed by atoms with E-state index in [1.807, 2.05) is 0 Å². The number of likely N-dealkylation sites (N-methyl/N-ethyl adjacent to an activating group) is 1. The van der Waals surface area contributed by atoms with Crippen molar-refractivity contribution >= 4 is 0 Å². The number of hydrogen-bond acceptors (Lipinski definition) is 3. The van der Waals surface area contributed by atoms with Crippen LogP contribution in [0.2, 0.25) is 0 Å². The van der Waals surface area contributed by atoms with Crippen LogP contribution in [0.5, 0.6) is 0 Å². The van der Waals surface area contributed by atoms with Crippen LogP contribution in [0.15, 0.2) is 0 Å². The third-order valence-electron chi connectivity index (χ3n) is 3.73. The Labute approximate surface area is 86.5 Å². The number of aliphatic hydroxyl groups is 1. The molecule has 1 saturated carbocycles. The molecule has 1 aliphatic carbocycles. The molecule has 1 heterocycles. The van der Waals surface area contributed by atoms with Crippen molar-refractivity contribution in [2.45, 2.75) is 37.8 Å². The van der Waals surface area contributed by atoms with Crippen molar-refractivity contribution in [1.29, 1.82) is 0 Å². The molecule has 1 saturated heterocycles. The maximum absolute atomic E-state index is 9.21. The fourth-order valence-electron chi connectivity index (χ4n) is 2.81. The van der Waals surface area contributed by atoms with Gasteiger partial charge in [0, 0.05) is 25.7 Å². The van der Waals surface area contributed by atoms with Gasteiger partial charge in [0.2, 0.25) is 0 Å². The standard InChI is InChI=1S/C11H22N2O/c1-12-11(9-4-2-3-5-9)8-13-6-10(14)7-13/h9-12,14H,2-8H2,1H3. The second-order valence-electron chi connectivity index (χ2n) is 4.81. The van der Waals surface area contributed by atoms with Crippen molar-refractivity contribution in [3.63, 3.8) is 0 Å². The minimum atomic E-state index is -0.0592. The van der Waals surface area contributed by atoms with Crippen LogP contribution in [0, 0.1) is 5.92 Å². The second-order valence-corrected chi connectivity index (χ2v) is 4.81. The first kappa shape index (κ1) is 10.4. The summed E-state index contributed by atoms with van der Waals surface area (Å²) >= 11 is 0. The Morgan fingerprint density at radius 2 is 2.00 bits per heavy atom. The predicted molar refractivity (Wildman–Crippen MR) is 57.3 cm³/mol. The van der Waals surface area contributed by atoms with E-state index in [9.17, 15) is 5.11 Å². The van der Waals surface area contributed by atoms with Gasteiger partial charge in [0.15, 0.2) is 0 Å². The second kappa shape index (κ2) is 4.60. The summed E-state index contributed by atoms with van der Waals surface area (Å²) in [6.07, 6.45) is 5.54. The van der Waals surface area contributed by atoms with Crippen LogP contribution >= 0.6 is 0 Å². The zero-order valence-corrected chi connectivity index (χ0v) is 9.08. The molecule has 2 rings (SSSR count). The van der Waals surface area contributed by atoms with E-state index in [0.29, 0.717) is 6.04 Å². The Hall–Kier alpha value is -0.120. The Bertz CT molecular complexity index is 174. The Morgan fingerprint density at radius 3 is 2.50 bits per heavy atom. The summed E-state index contributed by atoms with van der Waals surface area (Å²) < 4.78 is 0. The average Bonchev–Trinajstić information content (AvgIpc) is 2.63. The van der Waals surface area contributed by atoms with Gasteiger partial charge in [-0.05, 0) is 25.8 Å². The van der Waals surface area contributed by atoms with E-state index in [-0.39, 0.29) is 6.10 Å². The molecule has 1 unspecified atom stereocenters. The summed E-state index contributed by atoms with van der Waals surface area (Å²) in [5.41, 5.74) is 0. The Morgan fingerprint density at radius 1 is 1.36 bits per heavy atom. The number of nitrogens with one attached hydrogen (secondary N) is 1. The van der Waals surface area contributed by atoms with E-state index >= 15 is 0 Å². The molecule has 0 bridgehead atoms. The lowest BCUT2D eigenvalue weighted by Crippen LogP contribution is -2.55.